The van der Waals surface area contributed by atoms with E-state index in [-0.39, 0.29) is 6.04 Å². The number of imidazole rings is 1. The lowest BCUT2D eigenvalue weighted by molar-refractivity contribution is 0.628. The zero-order chi connectivity index (χ0) is 11.5. The van der Waals surface area contributed by atoms with Gasteiger partial charge in [-0.3, -0.25) is 0 Å². The Balaban J connectivity index is 1.93. The van der Waals surface area contributed by atoms with Crippen LogP contribution < -0.4 is 5.73 Å². The molecule has 0 aliphatic rings. The molecular weight excluding hydrogens is 286 g/mol. The van der Waals surface area contributed by atoms with Crippen LogP contribution in [0.15, 0.2) is 28.3 Å². The van der Waals surface area contributed by atoms with Gasteiger partial charge >= 0.3 is 0 Å². The Morgan fingerprint density at radius 1 is 1.62 bits per heavy atom. The molecule has 1 atom stereocenters. The van der Waals surface area contributed by atoms with Crippen molar-refractivity contribution in [3.8, 4) is 0 Å². The van der Waals surface area contributed by atoms with E-state index in [1.54, 1.807) is 11.3 Å². The molecule has 3 nitrogen and oxygen atoms in total. The number of aromatic nitrogens is 2. The molecule has 16 heavy (non-hydrogen) atoms. The summed E-state index contributed by atoms with van der Waals surface area (Å²) in [7, 11) is 2.01. The average Bonchev–Trinajstić information content (AvgIpc) is 2.84. The fourth-order valence-corrected chi connectivity index (χ4v) is 3.07. The largest absolute Gasteiger partial charge is 0.338 e. The lowest BCUT2D eigenvalue weighted by atomic mass is 10.1. The van der Waals surface area contributed by atoms with Crippen LogP contribution in [0.25, 0.3) is 0 Å². The van der Waals surface area contributed by atoms with Gasteiger partial charge in [0.2, 0.25) is 0 Å². The van der Waals surface area contributed by atoms with Crippen molar-refractivity contribution in [1.29, 1.82) is 0 Å². The quantitative estimate of drug-likeness (QED) is 0.943. The van der Waals surface area contributed by atoms with Gasteiger partial charge in [0, 0.05) is 46.6 Å². The van der Waals surface area contributed by atoms with Gasteiger partial charge in [0.05, 0.1) is 0 Å². The highest BCUT2D eigenvalue weighted by Crippen LogP contribution is 2.26. The summed E-state index contributed by atoms with van der Waals surface area (Å²) in [6, 6.07) is 2.20. The van der Waals surface area contributed by atoms with E-state index < -0.39 is 0 Å². The molecule has 0 aliphatic carbocycles. The molecule has 5 heteroatoms. The SMILES string of the molecule is Cn1ccnc1CCC(N)c1cc(Br)cs1. The minimum absolute atomic E-state index is 0.105. The summed E-state index contributed by atoms with van der Waals surface area (Å²) >= 11 is 5.14. The zero-order valence-corrected chi connectivity index (χ0v) is 11.5. The number of nitrogens with zero attached hydrogens (tertiary/aromatic N) is 2. The van der Waals surface area contributed by atoms with Crippen molar-refractivity contribution in [2.75, 3.05) is 0 Å². The van der Waals surface area contributed by atoms with Gasteiger partial charge in [0.1, 0.15) is 5.82 Å². The summed E-state index contributed by atoms with van der Waals surface area (Å²) < 4.78 is 3.15. The second-order valence-corrected chi connectivity index (χ2v) is 5.63. The Hall–Kier alpha value is -0.650. The van der Waals surface area contributed by atoms with Crippen LogP contribution in [-0.4, -0.2) is 9.55 Å². The van der Waals surface area contributed by atoms with Crippen LogP contribution in [0.3, 0.4) is 0 Å². The topological polar surface area (TPSA) is 43.8 Å². The minimum atomic E-state index is 0.105. The predicted molar refractivity (Wildman–Crippen MR) is 70.5 cm³/mol. The highest BCUT2D eigenvalue weighted by Gasteiger charge is 2.10. The van der Waals surface area contributed by atoms with Gasteiger partial charge in [0.25, 0.3) is 0 Å². The van der Waals surface area contributed by atoms with E-state index in [9.17, 15) is 0 Å². The highest BCUT2D eigenvalue weighted by molar-refractivity contribution is 9.10. The van der Waals surface area contributed by atoms with E-state index in [0.717, 1.165) is 23.1 Å². The first-order valence-corrected chi connectivity index (χ1v) is 6.80. The maximum absolute atomic E-state index is 6.13. The van der Waals surface area contributed by atoms with Crippen molar-refractivity contribution in [2.24, 2.45) is 12.8 Å². The number of rotatable bonds is 4. The van der Waals surface area contributed by atoms with Crippen molar-refractivity contribution in [3.05, 3.63) is 39.0 Å². The molecule has 0 aromatic carbocycles. The zero-order valence-electron chi connectivity index (χ0n) is 9.06. The van der Waals surface area contributed by atoms with E-state index >= 15 is 0 Å². The maximum atomic E-state index is 6.13. The molecule has 0 saturated carbocycles. The second kappa shape index (κ2) is 5.12. The molecule has 2 heterocycles. The van der Waals surface area contributed by atoms with Gasteiger partial charge in [-0.25, -0.2) is 4.98 Å². The van der Waals surface area contributed by atoms with Gasteiger partial charge in [-0.2, -0.15) is 0 Å². The summed E-state index contributed by atoms with van der Waals surface area (Å²) in [6.45, 7) is 0. The van der Waals surface area contributed by atoms with Crippen molar-refractivity contribution in [2.45, 2.75) is 18.9 Å². The molecule has 2 N–H and O–H groups in total. The standard InChI is InChI=1S/C11H14BrN3S/c1-15-5-4-14-11(15)3-2-9(13)10-6-8(12)7-16-10/h4-7,9H,2-3,13H2,1H3. The summed E-state index contributed by atoms with van der Waals surface area (Å²) in [5.41, 5.74) is 6.13. The number of halogens is 1. The predicted octanol–water partition coefficient (Wildman–Crippen LogP) is 2.88. The maximum Gasteiger partial charge on any atom is 0.108 e. The van der Waals surface area contributed by atoms with E-state index in [1.165, 1.54) is 4.88 Å². The van der Waals surface area contributed by atoms with E-state index in [4.69, 9.17) is 5.73 Å². The van der Waals surface area contributed by atoms with Crippen LogP contribution in [0.4, 0.5) is 0 Å². The first-order chi connectivity index (χ1) is 7.66. The van der Waals surface area contributed by atoms with Crippen molar-refractivity contribution in [1.82, 2.24) is 9.55 Å². The molecule has 0 radical (unpaired) electrons. The number of hydrogen-bond donors (Lipinski definition) is 1. The van der Waals surface area contributed by atoms with Crippen LogP contribution in [0, 0.1) is 0 Å². The van der Waals surface area contributed by atoms with Crippen LogP contribution in [0.2, 0.25) is 0 Å². The van der Waals surface area contributed by atoms with Gasteiger partial charge in [-0.05, 0) is 28.4 Å². The van der Waals surface area contributed by atoms with E-state index in [2.05, 4.69) is 32.4 Å². The first kappa shape index (κ1) is 11.8. The van der Waals surface area contributed by atoms with Crippen molar-refractivity contribution in [3.63, 3.8) is 0 Å². The van der Waals surface area contributed by atoms with Gasteiger partial charge < -0.3 is 10.3 Å². The third kappa shape index (κ3) is 2.72. The molecular formula is C11H14BrN3S. The van der Waals surface area contributed by atoms with E-state index in [1.807, 2.05) is 24.0 Å². The molecule has 2 rings (SSSR count). The third-order valence-electron chi connectivity index (χ3n) is 2.55. The number of thiophene rings is 1. The van der Waals surface area contributed by atoms with Crippen LogP contribution >= 0.6 is 27.3 Å². The summed E-state index contributed by atoms with van der Waals surface area (Å²) in [4.78, 5) is 5.51. The fourth-order valence-electron chi connectivity index (χ4n) is 1.59. The summed E-state index contributed by atoms with van der Waals surface area (Å²) in [5.74, 6) is 1.09. The van der Waals surface area contributed by atoms with Crippen LogP contribution in [0.5, 0.6) is 0 Å². The molecule has 0 amide bonds. The molecule has 2 aromatic heterocycles. The highest BCUT2D eigenvalue weighted by atomic mass is 79.9. The Bertz CT molecular complexity index is 463. The minimum Gasteiger partial charge on any atom is -0.338 e. The average molecular weight is 300 g/mol. The summed E-state index contributed by atoms with van der Waals surface area (Å²) in [6.07, 6.45) is 5.63. The number of hydrogen-bond acceptors (Lipinski definition) is 3. The van der Waals surface area contributed by atoms with Gasteiger partial charge in [-0.1, -0.05) is 0 Å². The fraction of sp³-hybridized carbons (Fsp3) is 0.364. The molecule has 0 bridgehead atoms. The Morgan fingerprint density at radius 3 is 3.00 bits per heavy atom. The van der Waals surface area contributed by atoms with Gasteiger partial charge in [0.15, 0.2) is 0 Å². The second-order valence-electron chi connectivity index (χ2n) is 3.77. The first-order valence-electron chi connectivity index (χ1n) is 5.12. The third-order valence-corrected chi connectivity index (χ3v) is 4.38. The number of aryl methyl sites for hydroxylation is 2. The molecule has 86 valence electrons. The molecule has 0 aliphatic heterocycles. The monoisotopic (exact) mass is 299 g/mol. The summed E-state index contributed by atoms with van der Waals surface area (Å²) in [5, 5.41) is 2.07. The van der Waals surface area contributed by atoms with Crippen molar-refractivity contribution >= 4 is 27.3 Å². The smallest absolute Gasteiger partial charge is 0.108 e. The molecule has 0 saturated heterocycles. The van der Waals surface area contributed by atoms with Gasteiger partial charge in [-0.15, -0.1) is 11.3 Å². The normalized spacial score (nSPS) is 12.9. The lowest BCUT2D eigenvalue weighted by Gasteiger charge is -2.08. The Kier molecular flexibility index (Phi) is 3.78. The molecule has 0 spiro atoms. The number of nitrogens with two attached hydrogens (primary N) is 1. The molecule has 2 aromatic rings. The molecule has 0 fully saturated rings. The van der Waals surface area contributed by atoms with Crippen LogP contribution in [0.1, 0.15) is 23.2 Å². The molecule has 1 unspecified atom stereocenters. The van der Waals surface area contributed by atoms with E-state index in [0.29, 0.717) is 0 Å². The van der Waals surface area contributed by atoms with Crippen LogP contribution in [-0.2, 0) is 13.5 Å². The Morgan fingerprint density at radius 2 is 2.44 bits per heavy atom. The Labute approximate surface area is 107 Å². The van der Waals surface area contributed by atoms with Crippen molar-refractivity contribution < 1.29 is 0 Å². The lowest BCUT2D eigenvalue weighted by Crippen LogP contribution is -2.11.